The Labute approximate surface area is 129 Å². The van der Waals surface area contributed by atoms with Gasteiger partial charge in [0, 0.05) is 0 Å². The van der Waals surface area contributed by atoms with E-state index in [-0.39, 0.29) is 0 Å². The Hall–Kier alpha value is -1.76. The van der Waals surface area contributed by atoms with Gasteiger partial charge in [-0.3, -0.25) is 0 Å². The van der Waals surface area contributed by atoms with Crippen molar-refractivity contribution < 1.29 is 4.74 Å². The van der Waals surface area contributed by atoms with E-state index >= 15 is 0 Å². The van der Waals surface area contributed by atoms with Gasteiger partial charge in [-0.05, 0) is 53.1 Å². The quantitative estimate of drug-likeness (QED) is 0.626. The molecule has 0 aliphatic heterocycles. The summed E-state index contributed by atoms with van der Waals surface area (Å²) in [6, 6.07) is 14.9. The average Bonchev–Trinajstić information content (AvgIpc) is 2.47. The molecule has 0 spiro atoms. The minimum atomic E-state index is 0.458. The van der Waals surface area contributed by atoms with Crippen molar-refractivity contribution in [3.8, 4) is 11.5 Å². The van der Waals surface area contributed by atoms with E-state index in [0.717, 1.165) is 17.9 Å². The standard InChI is InChI=1S/C20H26O/c1-6-16-10-11-20(19(12-16)15(4)5)21-18-9-7-8-17(13-18)14(2)3/h7-15H,6H2,1-5H3. The van der Waals surface area contributed by atoms with Gasteiger partial charge in [0.25, 0.3) is 0 Å². The molecule has 0 amide bonds. The summed E-state index contributed by atoms with van der Waals surface area (Å²) in [6.45, 7) is 11.0. The fraction of sp³-hybridized carbons (Fsp3) is 0.400. The zero-order valence-corrected chi connectivity index (χ0v) is 13.8. The minimum Gasteiger partial charge on any atom is -0.457 e. The second-order valence-electron chi connectivity index (χ2n) is 6.21. The van der Waals surface area contributed by atoms with E-state index in [1.807, 2.05) is 6.07 Å². The smallest absolute Gasteiger partial charge is 0.130 e. The number of hydrogen-bond acceptors (Lipinski definition) is 1. The number of benzene rings is 2. The highest BCUT2D eigenvalue weighted by Crippen LogP contribution is 2.32. The molecule has 0 radical (unpaired) electrons. The van der Waals surface area contributed by atoms with Crippen LogP contribution in [0.2, 0.25) is 0 Å². The van der Waals surface area contributed by atoms with Gasteiger partial charge in [0.15, 0.2) is 0 Å². The molecular formula is C20H26O. The van der Waals surface area contributed by atoms with Gasteiger partial charge in [-0.15, -0.1) is 0 Å². The maximum atomic E-state index is 6.16. The van der Waals surface area contributed by atoms with Gasteiger partial charge < -0.3 is 4.74 Å². The van der Waals surface area contributed by atoms with Crippen LogP contribution >= 0.6 is 0 Å². The van der Waals surface area contributed by atoms with Crippen LogP contribution in [-0.2, 0) is 6.42 Å². The van der Waals surface area contributed by atoms with E-state index in [0.29, 0.717) is 11.8 Å². The van der Waals surface area contributed by atoms with E-state index in [9.17, 15) is 0 Å². The summed E-state index contributed by atoms with van der Waals surface area (Å²) in [6.07, 6.45) is 1.06. The van der Waals surface area contributed by atoms with Gasteiger partial charge in [0.2, 0.25) is 0 Å². The first kappa shape index (κ1) is 15.6. The summed E-state index contributed by atoms with van der Waals surface area (Å²) in [5.41, 5.74) is 3.95. The lowest BCUT2D eigenvalue weighted by Crippen LogP contribution is -1.96. The highest BCUT2D eigenvalue weighted by molar-refractivity contribution is 5.43. The fourth-order valence-corrected chi connectivity index (χ4v) is 2.43. The second-order valence-corrected chi connectivity index (χ2v) is 6.21. The van der Waals surface area contributed by atoms with Crippen molar-refractivity contribution in [1.82, 2.24) is 0 Å². The average molecular weight is 282 g/mol. The van der Waals surface area contributed by atoms with Crippen LogP contribution in [0.4, 0.5) is 0 Å². The molecule has 0 bridgehead atoms. The predicted octanol–water partition coefficient (Wildman–Crippen LogP) is 6.29. The third-order valence-electron chi connectivity index (χ3n) is 3.86. The third-order valence-corrected chi connectivity index (χ3v) is 3.86. The van der Waals surface area contributed by atoms with Gasteiger partial charge in [0.1, 0.15) is 11.5 Å². The first-order valence-electron chi connectivity index (χ1n) is 7.92. The SMILES string of the molecule is CCc1ccc(Oc2cccc(C(C)C)c2)c(C(C)C)c1. The molecule has 0 fully saturated rings. The summed E-state index contributed by atoms with van der Waals surface area (Å²) < 4.78 is 6.16. The summed E-state index contributed by atoms with van der Waals surface area (Å²) in [4.78, 5) is 0. The Morgan fingerprint density at radius 1 is 0.905 bits per heavy atom. The lowest BCUT2D eigenvalue weighted by Gasteiger charge is -2.16. The van der Waals surface area contributed by atoms with Crippen molar-refractivity contribution in [3.05, 3.63) is 59.2 Å². The minimum absolute atomic E-state index is 0.458. The van der Waals surface area contributed by atoms with Crippen molar-refractivity contribution in [2.24, 2.45) is 0 Å². The molecule has 1 nitrogen and oxygen atoms in total. The predicted molar refractivity (Wildman–Crippen MR) is 90.5 cm³/mol. The van der Waals surface area contributed by atoms with Gasteiger partial charge in [-0.1, -0.05) is 58.9 Å². The molecule has 2 rings (SSSR count). The van der Waals surface area contributed by atoms with Crippen LogP contribution in [0.3, 0.4) is 0 Å². The Balaban J connectivity index is 2.32. The molecule has 0 aliphatic carbocycles. The van der Waals surface area contributed by atoms with E-state index in [4.69, 9.17) is 4.74 Å². The number of hydrogen-bond donors (Lipinski definition) is 0. The molecule has 2 aromatic carbocycles. The van der Waals surface area contributed by atoms with Crippen molar-refractivity contribution in [2.45, 2.75) is 52.9 Å². The van der Waals surface area contributed by atoms with Crippen molar-refractivity contribution >= 4 is 0 Å². The lowest BCUT2D eigenvalue weighted by atomic mass is 9.98. The van der Waals surface area contributed by atoms with Crippen LogP contribution in [0, 0.1) is 0 Å². The molecule has 21 heavy (non-hydrogen) atoms. The Bertz CT molecular complexity index is 597. The van der Waals surface area contributed by atoms with Crippen LogP contribution in [0.25, 0.3) is 0 Å². The second kappa shape index (κ2) is 6.80. The van der Waals surface area contributed by atoms with Crippen molar-refractivity contribution in [3.63, 3.8) is 0 Å². The monoisotopic (exact) mass is 282 g/mol. The van der Waals surface area contributed by atoms with E-state index in [2.05, 4.69) is 71.0 Å². The van der Waals surface area contributed by atoms with Gasteiger partial charge in [-0.2, -0.15) is 0 Å². The first-order valence-corrected chi connectivity index (χ1v) is 7.92. The maximum Gasteiger partial charge on any atom is 0.130 e. The third kappa shape index (κ3) is 3.87. The van der Waals surface area contributed by atoms with E-state index in [1.54, 1.807) is 0 Å². The molecule has 0 aromatic heterocycles. The van der Waals surface area contributed by atoms with E-state index in [1.165, 1.54) is 16.7 Å². The number of rotatable bonds is 5. The Kier molecular flexibility index (Phi) is 5.06. The van der Waals surface area contributed by atoms with Crippen molar-refractivity contribution in [1.29, 1.82) is 0 Å². The summed E-state index contributed by atoms with van der Waals surface area (Å²) in [5, 5.41) is 0. The molecule has 0 atom stereocenters. The zero-order chi connectivity index (χ0) is 15.4. The molecule has 112 valence electrons. The Morgan fingerprint density at radius 2 is 1.67 bits per heavy atom. The molecule has 0 saturated carbocycles. The molecule has 1 heteroatoms. The molecule has 0 saturated heterocycles. The van der Waals surface area contributed by atoms with Crippen LogP contribution in [0.1, 0.15) is 63.1 Å². The highest BCUT2D eigenvalue weighted by atomic mass is 16.5. The molecular weight excluding hydrogens is 256 g/mol. The van der Waals surface area contributed by atoms with Crippen LogP contribution in [0.5, 0.6) is 11.5 Å². The summed E-state index contributed by atoms with van der Waals surface area (Å²) >= 11 is 0. The molecule has 0 aliphatic rings. The van der Waals surface area contributed by atoms with Gasteiger partial charge in [0.05, 0.1) is 0 Å². The Morgan fingerprint density at radius 3 is 2.29 bits per heavy atom. The largest absolute Gasteiger partial charge is 0.457 e. The molecule has 0 unspecified atom stereocenters. The maximum absolute atomic E-state index is 6.16. The summed E-state index contributed by atoms with van der Waals surface area (Å²) in [5.74, 6) is 2.87. The van der Waals surface area contributed by atoms with E-state index < -0.39 is 0 Å². The van der Waals surface area contributed by atoms with Crippen LogP contribution in [0.15, 0.2) is 42.5 Å². The highest BCUT2D eigenvalue weighted by Gasteiger charge is 2.10. The lowest BCUT2D eigenvalue weighted by molar-refractivity contribution is 0.472. The number of ether oxygens (including phenoxy) is 1. The topological polar surface area (TPSA) is 9.23 Å². The first-order chi connectivity index (χ1) is 10.0. The fourth-order valence-electron chi connectivity index (χ4n) is 2.43. The van der Waals surface area contributed by atoms with Gasteiger partial charge >= 0.3 is 0 Å². The molecule has 0 N–H and O–H groups in total. The summed E-state index contributed by atoms with van der Waals surface area (Å²) in [7, 11) is 0. The van der Waals surface area contributed by atoms with Crippen LogP contribution < -0.4 is 4.74 Å². The molecule has 2 aromatic rings. The van der Waals surface area contributed by atoms with Crippen molar-refractivity contribution in [2.75, 3.05) is 0 Å². The van der Waals surface area contributed by atoms with Crippen LogP contribution in [-0.4, -0.2) is 0 Å². The number of aryl methyl sites for hydroxylation is 1. The zero-order valence-electron chi connectivity index (χ0n) is 13.8. The normalized spacial score (nSPS) is 11.2. The molecule has 0 heterocycles. The van der Waals surface area contributed by atoms with Gasteiger partial charge in [-0.25, -0.2) is 0 Å².